The third kappa shape index (κ3) is 6.90. The topological polar surface area (TPSA) is 67.3 Å². The predicted molar refractivity (Wildman–Crippen MR) is 125 cm³/mol. The number of thioether (sulfide) groups is 1. The smallest absolute Gasteiger partial charge is 0.243 e. The van der Waals surface area contributed by atoms with E-state index in [1.165, 1.54) is 0 Å². The van der Waals surface area contributed by atoms with Crippen LogP contribution in [0.2, 0.25) is 0 Å². The number of amides is 1. The Balaban J connectivity index is 2.22. The van der Waals surface area contributed by atoms with E-state index in [1.54, 1.807) is 25.1 Å². The summed E-state index contributed by atoms with van der Waals surface area (Å²) in [5.74, 6) is 2.87. The van der Waals surface area contributed by atoms with Crippen LogP contribution in [0.5, 0.6) is 5.75 Å². The van der Waals surface area contributed by atoms with E-state index in [9.17, 15) is 4.79 Å². The molecule has 1 aromatic heterocycles. The first-order valence-electron chi connectivity index (χ1n) is 10.3. The maximum atomic E-state index is 13.3. The minimum absolute atomic E-state index is 0.0145. The largest absolute Gasteiger partial charge is 0.497 e. The number of rotatable bonds is 11. The van der Waals surface area contributed by atoms with Gasteiger partial charge in [0.15, 0.2) is 0 Å². The third-order valence-corrected chi connectivity index (χ3v) is 5.60. The van der Waals surface area contributed by atoms with Crippen LogP contribution >= 0.6 is 11.8 Å². The molecule has 1 N–H and O–H groups in total. The van der Waals surface area contributed by atoms with Gasteiger partial charge in [-0.1, -0.05) is 26.0 Å². The number of benzene rings is 1. The normalized spacial score (nSPS) is 12.0. The zero-order valence-corrected chi connectivity index (χ0v) is 19.8. The summed E-state index contributed by atoms with van der Waals surface area (Å²) in [6, 6.07) is 7.45. The van der Waals surface area contributed by atoms with Gasteiger partial charge in [0.1, 0.15) is 17.6 Å². The van der Waals surface area contributed by atoms with Crippen LogP contribution in [0.4, 0.5) is 5.82 Å². The van der Waals surface area contributed by atoms with Crippen molar-refractivity contribution in [2.45, 2.75) is 46.7 Å². The molecule has 1 atom stereocenters. The number of anilines is 1. The molecule has 0 aliphatic heterocycles. The van der Waals surface area contributed by atoms with E-state index < -0.39 is 0 Å². The van der Waals surface area contributed by atoms with Gasteiger partial charge in [-0.25, -0.2) is 4.98 Å². The maximum absolute atomic E-state index is 13.3. The molecule has 1 unspecified atom stereocenters. The van der Waals surface area contributed by atoms with Crippen molar-refractivity contribution in [1.29, 1.82) is 0 Å². The Morgan fingerprint density at radius 3 is 2.47 bits per heavy atom. The van der Waals surface area contributed by atoms with Crippen LogP contribution < -0.4 is 15.0 Å². The Hall–Kier alpha value is -2.28. The van der Waals surface area contributed by atoms with Crippen molar-refractivity contribution >= 4 is 23.5 Å². The van der Waals surface area contributed by atoms with Gasteiger partial charge in [0.2, 0.25) is 5.91 Å². The van der Waals surface area contributed by atoms with Gasteiger partial charge in [0.05, 0.1) is 24.7 Å². The second-order valence-corrected chi connectivity index (χ2v) is 8.78. The van der Waals surface area contributed by atoms with Gasteiger partial charge >= 0.3 is 0 Å². The van der Waals surface area contributed by atoms with Crippen LogP contribution in [0.25, 0.3) is 0 Å². The highest BCUT2D eigenvalue weighted by molar-refractivity contribution is 7.98. The van der Waals surface area contributed by atoms with E-state index in [0.29, 0.717) is 12.5 Å². The van der Waals surface area contributed by atoms with Gasteiger partial charge in [-0.3, -0.25) is 9.78 Å². The molecular weight excluding hydrogens is 396 g/mol. The van der Waals surface area contributed by atoms with Gasteiger partial charge in [-0.15, -0.1) is 0 Å². The van der Waals surface area contributed by atoms with Crippen molar-refractivity contribution in [2.24, 2.45) is 5.92 Å². The van der Waals surface area contributed by atoms with Gasteiger partial charge in [-0.05, 0) is 50.1 Å². The lowest BCUT2D eigenvalue weighted by molar-refractivity contribution is -0.123. The first kappa shape index (κ1) is 24.0. The second-order valence-electron chi connectivity index (χ2n) is 7.80. The number of nitrogens with one attached hydrogen (secondary N) is 1. The van der Waals surface area contributed by atoms with Gasteiger partial charge < -0.3 is 15.0 Å². The van der Waals surface area contributed by atoms with Crippen LogP contribution in [0.3, 0.4) is 0 Å². The number of hydrogen-bond acceptors (Lipinski definition) is 6. The van der Waals surface area contributed by atoms with Crippen LogP contribution in [0, 0.1) is 19.8 Å². The van der Waals surface area contributed by atoms with Crippen molar-refractivity contribution in [3.05, 3.63) is 47.4 Å². The number of carbonyl (C=O) groups excluding carboxylic acids is 1. The third-order valence-electron chi connectivity index (χ3n) is 5.01. The number of carbonyl (C=O) groups is 1. The standard InChI is InChI=1S/C23H34N4O2S/c1-16(2)13-21(23(28)25-14-19-7-9-20(29-5)10-8-19)27(11-12-30-6)22-15-24-17(3)18(4)26-22/h7-10,15-16,21H,11-14H2,1-6H3,(H,25,28). The minimum Gasteiger partial charge on any atom is -0.497 e. The van der Waals surface area contributed by atoms with Crippen molar-refractivity contribution in [3.63, 3.8) is 0 Å². The summed E-state index contributed by atoms with van der Waals surface area (Å²) >= 11 is 1.76. The summed E-state index contributed by atoms with van der Waals surface area (Å²) in [6.07, 6.45) is 4.61. The number of hydrogen-bond donors (Lipinski definition) is 1. The molecular formula is C23H34N4O2S. The molecule has 1 heterocycles. The Morgan fingerprint density at radius 2 is 1.90 bits per heavy atom. The molecule has 6 nitrogen and oxygen atoms in total. The fraction of sp³-hybridized carbons (Fsp3) is 0.522. The van der Waals surface area contributed by atoms with Gasteiger partial charge in [0.25, 0.3) is 0 Å². The highest BCUT2D eigenvalue weighted by atomic mass is 32.2. The zero-order chi connectivity index (χ0) is 22.1. The minimum atomic E-state index is -0.299. The molecule has 1 aromatic carbocycles. The molecule has 1 amide bonds. The van der Waals surface area contributed by atoms with Crippen LogP contribution in [0.15, 0.2) is 30.5 Å². The number of methoxy groups -OCH3 is 1. The fourth-order valence-electron chi connectivity index (χ4n) is 3.16. The van der Waals surface area contributed by atoms with E-state index >= 15 is 0 Å². The molecule has 2 rings (SSSR count). The Labute approximate surface area is 184 Å². The van der Waals surface area contributed by atoms with Crippen molar-refractivity contribution in [3.8, 4) is 5.75 Å². The molecule has 0 saturated carbocycles. The number of aromatic nitrogens is 2. The summed E-state index contributed by atoms with van der Waals surface area (Å²) in [4.78, 5) is 24.6. The van der Waals surface area contributed by atoms with Gasteiger partial charge in [-0.2, -0.15) is 11.8 Å². The van der Waals surface area contributed by atoms with E-state index in [1.807, 2.05) is 38.1 Å². The zero-order valence-electron chi connectivity index (χ0n) is 18.9. The highest BCUT2D eigenvalue weighted by Gasteiger charge is 2.28. The Bertz CT molecular complexity index is 811. The first-order chi connectivity index (χ1) is 14.3. The van der Waals surface area contributed by atoms with E-state index in [0.717, 1.165) is 47.2 Å². The van der Waals surface area contributed by atoms with E-state index in [4.69, 9.17) is 9.72 Å². The van der Waals surface area contributed by atoms with Crippen molar-refractivity contribution in [2.75, 3.05) is 30.6 Å². The molecule has 0 bridgehead atoms. The summed E-state index contributed by atoms with van der Waals surface area (Å²) in [5.41, 5.74) is 2.84. The second kappa shape index (κ2) is 11.8. The van der Waals surface area contributed by atoms with Gasteiger partial charge in [0, 0.05) is 18.8 Å². The summed E-state index contributed by atoms with van der Waals surface area (Å²) < 4.78 is 5.20. The van der Waals surface area contributed by atoms with Crippen LogP contribution in [-0.2, 0) is 11.3 Å². The number of ether oxygens (including phenoxy) is 1. The molecule has 164 valence electrons. The summed E-state index contributed by atoms with van der Waals surface area (Å²) in [7, 11) is 1.64. The molecule has 0 spiro atoms. The molecule has 0 aliphatic carbocycles. The summed E-state index contributed by atoms with van der Waals surface area (Å²) in [6.45, 7) is 9.41. The molecule has 0 fully saturated rings. The van der Waals surface area contributed by atoms with Crippen LogP contribution in [-0.4, -0.2) is 47.6 Å². The Morgan fingerprint density at radius 1 is 1.20 bits per heavy atom. The lowest BCUT2D eigenvalue weighted by Gasteiger charge is -2.33. The van der Waals surface area contributed by atoms with Crippen LogP contribution in [0.1, 0.15) is 37.2 Å². The fourth-order valence-corrected chi connectivity index (χ4v) is 3.54. The molecule has 7 heteroatoms. The first-order valence-corrected chi connectivity index (χ1v) is 11.7. The average Bonchev–Trinajstić information content (AvgIpc) is 2.73. The summed E-state index contributed by atoms with van der Waals surface area (Å²) in [5, 5.41) is 3.12. The molecule has 0 saturated heterocycles. The lowest BCUT2D eigenvalue weighted by atomic mass is 10.0. The average molecular weight is 431 g/mol. The highest BCUT2D eigenvalue weighted by Crippen LogP contribution is 2.21. The molecule has 0 radical (unpaired) electrons. The molecule has 0 aliphatic rings. The monoisotopic (exact) mass is 430 g/mol. The quantitative estimate of drug-likeness (QED) is 0.581. The predicted octanol–water partition coefficient (Wildman–Crippen LogP) is 4.00. The van der Waals surface area contributed by atoms with E-state index in [2.05, 4.69) is 35.3 Å². The lowest BCUT2D eigenvalue weighted by Crippen LogP contribution is -2.49. The molecule has 2 aromatic rings. The van der Waals surface area contributed by atoms with E-state index in [-0.39, 0.29) is 11.9 Å². The Kier molecular flexibility index (Phi) is 9.43. The SMILES string of the molecule is COc1ccc(CNC(=O)C(CC(C)C)N(CCSC)c2cnc(C)c(C)n2)cc1. The number of aryl methyl sites for hydroxylation is 2. The van der Waals surface area contributed by atoms with Crippen molar-refractivity contribution < 1.29 is 9.53 Å². The van der Waals surface area contributed by atoms with Crippen molar-refractivity contribution in [1.82, 2.24) is 15.3 Å². The molecule has 30 heavy (non-hydrogen) atoms. The maximum Gasteiger partial charge on any atom is 0.243 e. The number of nitrogens with zero attached hydrogens (tertiary/aromatic N) is 3.